The van der Waals surface area contributed by atoms with Crippen LogP contribution in [-0.4, -0.2) is 20.9 Å². The van der Waals surface area contributed by atoms with Crippen LogP contribution in [0.1, 0.15) is 27.8 Å². The van der Waals surface area contributed by atoms with Gasteiger partial charge in [0.2, 0.25) is 15.9 Å². The molecule has 5 nitrogen and oxygen atoms in total. The van der Waals surface area contributed by atoms with E-state index in [0.717, 1.165) is 16.7 Å². The molecule has 0 saturated carbocycles. The van der Waals surface area contributed by atoms with Gasteiger partial charge in [-0.3, -0.25) is 4.79 Å². The summed E-state index contributed by atoms with van der Waals surface area (Å²) in [6.45, 7) is 9.05. The molecule has 0 saturated heterocycles. The Morgan fingerprint density at radius 3 is 2.04 bits per heavy atom. The third-order valence-electron chi connectivity index (χ3n) is 4.09. The zero-order chi connectivity index (χ0) is 18.8. The van der Waals surface area contributed by atoms with Crippen molar-refractivity contribution in [3.8, 4) is 0 Å². The fraction of sp³-hybridized carbons (Fsp3) is 0.316. The quantitative estimate of drug-likeness (QED) is 0.860. The highest BCUT2D eigenvalue weighted by molar-refractivity contribution is 7.89. The number of amides is 1. The molecule has 1 amide bonds. The predicted molar refractivity (Wildman–Crippen MR) is 100 cm³/mol. The molecule has 134 valence electrons. The minimum atomic E-state index is -3.75. The van der Waals surface area contributed by atoms with E-state index < -0.39 is 15.9 Å². The lowest BCUT2D eigenvalue weighted by molar-refractivity contribution is -0.115. The van der Waals surface area contributed by atoms with Gasteiger partial charge in [0.1, 0.15) is 0 Å². The number of hydrogen-bond donors (Lipinski definition) is 2. The summed E-state index contributed by atoms with van der Waals surface area (Å²) < 4.78 is 27.5. The van der Waals surface area contributed by atoms with Gasteiger partial charge in [0.05, 0.1) is 11.4 Å². The highest BCUT2D eigenvalue weighted by Gasteiger charge is 2.20. The van der Waals surface area contributed by atoms with Crippen molar-refractivity contribution in [2.45, 2.75) is 39.5 Å². The van der Waals surface area contributed by atoms with Gasteiger partial charge in [-0.25, -0.2) is 13.1 Å². The molecule has 2 rings (SSSR count). The van der Waals surface area contributed by atoms with Gasteiger partial charge in [0.15, 0.2) is 0 Å². The Hall–Kier alpha value is -2.18. The Morgan fingerprint density at radius 1 is 0.880 bits per heavy atom. The maximum Gasteiger partial charge on any atom is 0.241 e. The van der Waals surface area contributed by atoms with Crippen molar-refractivity contribution < 1.29 is 13.2 Å². The standard InChI is InChI=1S/C19H24N2O3S/c1-12-8-15(4)19(16(5)9-12)25(23,24)20-11-18(22)21-17-7-6-13(2)14(3)10-17/h6-10,20H,11H2,1-5H3,(H,21,22). The minimum Gasteiger partial charge on any atom is -0.325 e. The molecule has 25 heavy (non-hydrogen) atoms. The Balaban J connectivity index is 2.09. The molecule has 2 aromatic carbocycles. The number of sulfonamides is 1. The van der Waals surface area contributed by atoms with E-state index in [2.05, 4.69) is 10.0 Å². The van der Waals surface area contributed by atoms with Crippen molar-refractivity contribution in [3.63, 3.8) is 0 Å². The fourth-order valence-corrected chi connectivity index (χ4v) is 4.28. The van der Waals surface area contributed by atoms with Gasteiger partial charge >= 0.3 is 0 Å². The number of benzene rings is 2. The van der Waals surface area contributed by atoms with Crippen LogP contribution in [0.4, 0.5) is 5.69 Å². The molecule has 0 aliphatic rings. The van der Waals surface area contributed by atoms with Gasteiger partial charge in [0.25, 0.3) is 0 Å². The molecule has 0 unspecified atom stereocenters. The zero-order valence-corrected chi connectivity index (χ0v) is 16.0. The molecule has 0 bridgehead atoms. The molecule has 0 atom stereocenters. The van der Waals surface area contributed by atoms with E-state index in [1.54, 1.807) is 19.9 Å². The first kappa shape index (κ1) is 19.1. The van der Waals surface area contributed by atoms with Crippen molar-refractivity contribution in [3.05, 3.63) is 58.1 Å². The van der Waals surface area contributed by atoms with Crippen LogP contribution in [0.25, 0.3) is 0 Å². The number of aryl methyl sites for hydroxylation is 5. The second kappa shape index (κ2) is 7.37. The number of carbonyl (C=O) groups is 1. The van der Waals surface area contributed by atoms with Crippen LogP contribution in [0.5, 0.6) is 0 Å². The molecule has 0 heterocycles. The first-order valence-electron chi connectivity index (χ1n) is 8.05. The SMILES string of the molecule is Cc1cc(C)c(S(=O)(=O)NCC(=O)Nc2ccc(C)c(C)c2)c(C)c1. The van der Waals surface area contributed by atoms with Crippen molar-refractivity contribution in [2.75, 3.05) is 11.9 Å². The zero-order valence-electron chi connectivity index (χ0n) is 15.2. The highest BCUT2D eigenvalue weighted by atomic mass is 32.2. The number of rotatable bonds is 5. The number of nitrogens with one attached hydrogen (secondary N) is 2. The average Bonchev–Trinajstić information content (AvgIpc) is 2.48. The summed E-state index contributed by atoms with van der Waals surface area (Å²) in [4.78, 5) is 12.3. The van der Waals surface area contributed by atoms with Gasteiger partial charge in [0, 0.05) is 5.69 Å². The summed E-state index contributed by atoms with van der Waals surface area (Å²) >= 11 is 0. The predicted octanol–water partition coefficient (Wildman–Crippen LogP) is 3.15. The van der Waals surface area contributed by atoms with E-state index in [-0.39, 0.29) is 11.4 Å². The van der Waals surface area contributed by atoms with Crippen LogP contribution < -0.4 is 10.0 Å². The normalized spacial score (nSPS) is 11.4. The van der Waals surface area contributed by atoms with Crippen LogP contribution >= 0.6 is 0 Å². The Morgan fingerprint density at radius 2 is 1.48 bits per heavy atom. The maximum atomic E-state index is 12.5. The van der Waals surface area contributed by atoms with Gasteiger partial charge in [-0.15, -0.1) is 0 Å². The molecule has 2 aromatic rings. The number of carbonyl (C=O) groups excluding carboxylic acids is 1. The lowest BCUT2D eigenvalue weighted by Crippen LogP contribution is -2.33. The summed E-state index contributed by atoms with van der Waals surface area (Å²) in [7, 11) is -3.75. The highest BCUT2D eigenvalue weighted by Crippen LogP contribution is 2.21. The first-order valence-corrected chi connectivity index (χ1v) is 9.53. The third-order valence-corrected chi connectivity index (χ3v) is 5.79. The van der Waals surface area contributed by atoms with Crippen LogP contribution in [0.15, 0.2) is 35.2 Å². The molecular weight excluding hydrogens is 336 g/mol. The van der Waals surface area contributed by atoms with Crippen molar-refractivity contribution >= 4 is 21.6 Å². The summed E-state index contributed by atoms with van der Waals surface area (Å²) in [6.07, 6.45) is 0. The monoisotopic (exact) mass is 360 g/mol. The third kappa shape index (κ3) is 4.67. The molecule has 0 spiro atoms. The van der Waals surface area contributed by atoms with Crippen LogP contribution in [0.3, 0.4) is 0 Å². The second-order valence-corrected chi connectivity index (χ2v) is 8.10. The summed E-state index contributed by atoms with van der Waals surface area (Å²) in [5, 5.41) is 2.71. The maximum absolute atomic E-state index is 12.5. The van der Waals surface area contributed by atoms with E-state index in [1.807, 2.05) is 45.0 Å². The van der Waals surface area contributed by atoms with Crippen LogP contribution in [-0.2, 0) is 14.8 Å². The lowest BCUT2D eigenvalue weighted by atomic mass is 10.1. The molecule has 0 aliphatic carbocycles. The van der Waals surface area contributed by atoms with Crippen LogP contribution in [0.2, 0.25) is 0 Å². The molecular formula is C19H24N2O3S. The topological polar surface area (TPSA) is 75.3 Å². The Kier molecular flexibility index (Phi) is 5.65. The lowest BCUT2D eigenvalue weighted by Gasteiger charge is -2.13. The fourth-order valence-electron chi connectivity index (χ4n) is 2.85. The van der Waals surface area contributed by atoms with Gasteiger partial charge < -0.3 is 5.32 Å². The second-order valence-electron chi connectivity index (χ2n) is 6.40. The van der Waals surface area contributed by atoms with E-state index in [4.69, 9.17) is 0 Å². The van der Waals surface area contributed by atoms with Gasteiger partial charge in [-0.05, 0) is 69.0 Å². The van der Waals surface area contributed by atoms with E-state index in [0.29, 0.717) is 16.8 Å². The molecule has 0 aliphatic heterocycles. The summed E-state index contributed by atoms with van der Waals surface area (Å²) in [5.41, 5.74) is 5.17. The Bertz CT molecular complexity index is 895. The minimum absolute atomic E-state index is 0.233. The van der Waals surface area contributed by atoms with Gasteiger partial charge in [-0.2, -0.15) is 0 Å². The van der Waals surface area contributed by atoms with Crippen molar-refractivity contribution in [2.24, 2.45) is 0 Å². The molecule has 6 heteroatoms. The van der Waals surface area contributed by atoms with Crippen LogP contribution in [0, 0.1) is 34.6 Å². The largest absolute Gasteiger partial charge is 0.325 e. The van der Waals surface area contributed by atoms with E-state index >= 15 is 0 Å². The number of anilines is 1. The first-order chi connectivity index (χ1) is 11.6. The van der Waals surface area contributed by atoms with Crippen molar-refractivity contribution in [1.82, 2.24) is 4.72 Å². The number of hydrogen-bond acceptors (Lipinski definition) is 3. The van der Waals surface area contributed by atoms with E-state index in [9.17, 15) is 13.2 Å². The van der Waals surface area contributed by atoms with Gasteiger partial charge in [-0.1, -0.05) is 23.8 Å². The summed E-state index contributed by atoms with van der Waals surface area (Å²) in [6, 6.07) is 9.20. The summed E-state index contributed by atoms with van der Waals surface area (Å²) in [5.74, 6) is -0.408. The molecule has 0 radical (unpaired) electrons. The van der Waals surface area contributed by atoms with Crippen molar-refractivity contribution in [1.29, 1.82) is 0 Å². The molecule has 2 N–H and O–H groups in total. The molecule has 0 aromatic heterocycles. The average molecular weight is 360 g/mol. The Labute approximate surface area is 149 Å². The molecule has 0 fully saturated rings. The van der Waals surface area contributed by atoms with E-state index in [1.165, 1.54) is 0 Å². The smallest absolute Gasteiger partial charge is 0.241 e.